The minimum absolute atomic E-state index is 0.0937. The molecule has 0 aromatic carbocycles. The second kappa shape index (κ2) is 14.5. The van der Waals surface area contributed by atoms with Crippen molar-refractivity contribution in [3.63, 3.8) is 0 Å². The first-order chi connectivity index (χ1) is 19.9. The molecule has 10 heteroatoms. The molecule has 2 aliphatic carbocycles. The van der Waals surface area contributed by atoms with E-state index in [9.17, 15) is 5.26 Å². The van der Waals surface area contributed by atoms with Crippen molar-refractivity contribution in [1.29, 1.82) is 5.26 Å². The van der Waals surface area contributed by atoms with Crippen molar-refractivity contribution in [1.82, 2.24) is 25.8 Å². The Labute approximate surface area is 247 Å². The van der Waals surface area contributed by atoms with Gasteiger partial charge in [0.1, 0.15) is 24.2 Å². The topological polar surface area (TPSA) is 104 Å². The lowest BCUT2D eigenvalue weighted by Gasteiger charge is -2.33. The molecule has 0 radical (unpaired) electrons. The highest BCUT2D eigenvalue weighted by atomic mass is 35.5. The molecule has 3 unspecified atom stereocenters. The van der Waals surface area contributed by atoms with Crippen LogP contribution in [0.4, 0.5) is 0 Å². The van der Waals surface area contributed by atoms with E-state index >= 15 is 0 Å². The number of nitriles is 1. The number of likely N-dealkylation sites (N-methyl/N-ethyl adjacent to an activating group) is 1. The van der Waals surface area contributed by atoms with Crippen LogP contribution in [0.5, 0.6) is 0 Å². The average Bonchev–Trinajstić information content (AvgIpc) is 2.97. The summed E-state index contributed by atoms with van der Waals surface area (Å²) >= 11 is 6.83. The number of nitrogens with one attached hydrogen (secondary N) is 3. The number of dihydropyridines is 1. The molecule has 1 aromatic rings. The van der Waals surface area contributed by atoms with Gasteiger partial charge in [-0.2, -0.15) is 5.26 Å². The summed E-state index contributed by atoms with van der Waals surface area (Å²) in [4.78, 5) is 6.35. The lowest BCUT2D eigenvalue weighted by Crippen LogP contribution is -2.38. The molecular formula is C31H37ClN6O3. The van der Waals surface area contributed by atoms with Crippen molar-refractivity contribution >= 4 is 11.6 Å². The van der Waals surface area contributed by atoms with Crippen LogP contribution < -0.4 is 16.0 Å². The largest absolute Gasteiger partial charge is 0.492 e. The maximum absolute atomic E-state index is 9.96. The van der Waals surface area contributed by atoms with E-state index in [0.717, 1.165) is 29.2 Å². The van der Waals surface area contributed by atoms with Gasteiger partial charge in [0.15, 0.2) is 6.73 Å². The molecule has 1 aliphatic heterocycles. The fourth-order valence-corrected chi connectivity index (χ4v) is 4.71. The first-order valence-corrected chi connectivity index (χ1v) is 14.0. The van der Waals surface area contributed by atoms with Crippen LogP contribution >= 0.6 is 11.6 Å². The third kappa shape index (κ3) is 7.75. The molecule has 0 saturated carbocycles. The molecule has 0 spiro atoms. The van der Waals surface area contributed by atoms with Crippen LogP contribution in [0, 0.1) is 17.2 Å². The van der Waals surface area contributed by atoms with Gasteiger partial charge in [-0.15, -0.1) is 11.6 Å². The number of nitrogens with zero attached hydrogens (tertiary/aromatic N) is 3. The third-order valence-corrected chi connectivity index (χ3v) is 7.22. The Hall–Kier alpha value is -4.13. The fourth-order valence-electron chi connectivity index (χ4n) is 4.44. The van der Waals surface area contributed by atoms with Crippen LogP contribution in [0.15, 0.2) is 107 Å². The summed E-state index contributed by atoms with van der Waals surface area (Å²) in [6.45, 7) is 5.88. The molecule has 3 atom stereocenters. The van der Waals surface area contributed by atoms with Crippen LogP contribution in [0.25, 0.3) is 0 Å². The molecule has 4 rings (SSSR count). The number of rotatable bonds is 13. The summed E-state index contributed by atoms with van der Waals surface area (Å²) in [5.41, 5.74) is 4.59. The van der Waals surface area contributed by atoms with Gasteiger partial charge in [-0.1, -0.05) is 13.0 Å². The van der Waals surface area contributed by atoms with Crippen LogP contribution in [-0.4, -0.2) is 55.3 Å². The van der Waals surface area contributed by atoms with Crippen molar-refractivity contribution < 1.29 is 14.2 Å². The summed E-state index contributed by atoms with van der Waals surface area (Å²) in [7, 11) is 3.99. The molecule has 216 valence electrons. The van der Waals surface area contributed by atoms with Crippen LogP contribution in [0.3, 0.4) is 0 Å². The van der Waals surface area contributed by atoms with Gasteiger partial charge in [-0.3, -0.25) is 4.98 Å². The van der Waals surface area contributed by atoms with E-state index in [1.165, 1.54) is 0 Å². The van der Waals surface area contributed by atoms with Gasteiger partial charge in [0, 0.05) is 36.1 Å². The number of ether oxygens (including phenoxy) is 3. The summed E-state index contributed by atoms with van der Waals surface area (Å²) in [5, 5.41) is 19.7. The predicted molar refractivity (Wildman–Crippen MR) is 159 cm³/mol. The van der Waals surface area contributed by atoms with Gasteiger partial charge in [0.05, 0.1) is 46.9 Å². The Bertz CT molecular complexity index is 1340. The van der Waals surface area contributed by atoms with Gasteiger partial charge in [0.2, 0.25) is 0 Å². The number of alkyl halides is 1. The minimum Gasteiger partial charge on any atom is -0.492 e. The van der Waals surface area contributed by atoms with E-state index in [-0.39, 0.29) is 24.1 Å². The summed E-state index contributed by atoms with van der Waals surface area (Å²) in [6, 6.07) is 7.84. The van der Waals surface area contributed by atoms with E-state index in [1.54, 1.807) is 18.7 Å². The quantitative estimate of drug-likeness (QED) is 0.137. The number of halogens is 1. The number of allylic oxidation sites excluding steroid dienone is 5. The maximum atomic E-state index is 9.96. The zero-order valence-corrected chi connectivity index (χ0v) is 24.6. The zero-order chi connectivity index (χ0) is 29.2. The van der Waals surface area contributed by atoms with E-state index in [2.05, 4.69) is 27.0 Å². The fraction of sp³-hybridized carbons (Fsp3) is 0.355. The lowest BCUT2D eigenvalue weighted by molar-refractivity contribution is 0.180. The van der Waals surface area contributed by atoms with Crippen LogP contribution in [0.1, 0.15) is 19.5 Å². The van der Waals surface area contributed by atoms with E-state index < -0.39 is 0 Å². The first kappa shape index (κ1) is 29.8. The van der Waals surface area contributed by atoms with Gasteiger partial charge < -0.3 is 35.1 Å². The summed E-state index contributed by atoms with van der Waals surface area (Å²) in [6.07, 6.45) is 14.9. The van der Waals surface area contributed by atoms with Crippen molar-refractivity contribution in [2.24, 2.45) is 5.92 Å². The van der Waals surface area contributed by atoms with Crippen molar-refractivity contribution in [2.45, 2.75) is 31.9 Å². The number of hydrogen-bond acceptors (Lipinski definition) is 9. The Balaban J connectivity index is 1.55. The molecule has 0 amide bonds. The van der Waals surface area contributed by atoms with E-state index in [1.807, 2.05) is 81.4 Å². The minimum atomic E-state index is -0.384. The molecule has 0 saturated heterocycles. The molecule has 2 heterocycles. The standard InChI is InChI=1S/C31H37ClN6O3/c1-5-40-29-16-26-24(15-27(29)36-20-39-14-8-13-38(3)4)31(22(17-33)18-35-26)37-25-10-11-28(30(32)21(25)2)41-19-23-9-6-7-12-34-23/h6-12,14-16,18,21,26,30,35-37H,5,13,19-20H2,1-4H3/b14-8+. The molecule has 41 heavy (non-hydrogen) atoms. The van der Waals surface area contributed by atoms with Crippen LogP contribution in [-0.2, 0) is 20.8 Å². The van der Waals surface area contributed by atoms with E-state index in [4.69, 9.17) is 25.8 Å². The van der Waals surface area contributed by atoms with E-state index in [0.29, 0.717) is 36.0 Å². The lowest BCUT2D eigenvalue weighted by atomic mass is 9.90. The SMILES string of the molecule is CCOC1=CC2NC=C(C#N)C(NC3=CC=C(OCc4ccccn4)C(Cl)C3C)=C2C=C1NCO/C=C/CN(C)C. The molecule has 1 aromatic heterocycles. The Morgan fingerprint density at radius 3 is 2.83 bits per heavy atom. The smallest absolute Gasteiger partial charge is 0.158 e. The number of hydrogen-bond donors (Lipinski definition) is 3. The molecule has 3 aliphatic rings. The highest BCUT2D eigenvalue weighted by molar-refractivity contribution is 6.22. The van der Waals surface area contributed by atoms with Gasteiger partial charge in [-0.05, 0) is 63.5 Å². The Kier molecular flexibility index (Phi) is 10.5. The zero-order valence-electron chi connectivity index (χ0n) is 23.9. The Morgan fingerprint density at radius 1 is 1.24 bits per heavy atom. The van der Waals surface area contributed by atoms with Gasteiger partial charge in [-0.25, -0.2) is 0 Å². The number of fused-ring (bicyclic) bond motifs is 1. The normalized spacial score (nSPS) is 21.9. The second-order valence-electron chi connectivity index (χ2n) is 9.90. The van der Waals surface area contributed by atoms with Gasteiger partial charge in [0.25, 0.3) is 0 Å². The second-order valence-corrected chi connectivity index (χ2v) is 10.4. The van der Waals surface area contributed by atoms with Crippen molar-refractivity contribution in [2.75, 3.05) is 34.0 Å². The molecular weight excluding hydrogens is 540 g/mol. The monoisotopic (exact) mass is 576 g/mol. The summed E-state index contributed by atoms with van der Waals surface area (Å²) < 4.78 is 17.5. The maximum Gasteiger partial charge on any atom is 0.158 e. The average molecular weight is 577 g/mol. The summed E-state index contributed by atoms with van der Waals surface area (Å²) in [5.74, 6) is 1.30. The van der Waals surface area contributed by atoms with Crippen LogP contribution in [0.2, 0.25) is 0 Å². The first-order valence-electron chi connectivity index (χ1n) is 13.6. The molecule has 9 nitrogen and oxygen atoms in total. The van der Waals surface area contributed by atoms with Crippen molar-refractivity contribution in [3.05, 3.63) is 113 Å². The highest BCUT2D eigenvalue weighted by Crippen LogP contribution is 2.34. The molecule has 0 fully saturated rings. The molecule has 0 bridgehead atoms. The molecule has 3 N–H and O–H groups in total. The van der Waals surface area contributed by atoms with Crippen molar-refractivity contribution in [3.8, 4) is 6.07 Å². The number of pyridine rings is 1. The number of aromatic nitrogens is 1. The predicted octanol–water partition coefficient (Wildman–Crippen LogP) is 4.30. The Morgan fingerprint density at radius 2 is 2.10 bits per heavy atom. The highest BCUT2D eigenvalue weighted by Gasteiger charge is 2.31. The van der Waals surface area contributed by atoms with Gasteiger partial charge >= 0.3 is 0 Å². The third-order valence-electron chi connectivity index (χ3n) is 6.62.